The van der Waals surface area contributed by atoms with Crippen molar-refractivity contribution < 1.29 is 23.8 Å². The normalized spacial score (nSPS) is 30.4. The predicted octanol–water partition coefficient (Wildman–Crippen LogP) is 3.11. The minimum absolute atomic E-state index is 0.0573. The Balaban J connectivity index is 1.42. The molecule has 1 aromatic rings. The summed E-state index contributed by atoms with van der Waals surface area (Å²) in [6.45, 7) is 2.76. The fourth-order valence-electron chi connectivity index (χ4n) is 5.01. The minimum atomic E-state index is -0.645. The average Bonchev–Trinajstić information content (AvgIpc) is 3.13. The molecule has 1 aromatic carbocycles. The molecule has 0 bridgehead atoms. The summed E-state index contributed by atoms with van der Waals surface area (Å²) >= 11 is 0. The van der Waals surface area contributed by atoms with Crippen LogP contribution in [0.2, 0.25) is 0 Å². The van der Waals surface area contributed by atoms with E-state index in [0.29, 0.717) is 29.9 Å². The van der Waals surface area contributed by atoms with Crippen molar-refractivity contribution in [2.45, 2.75) is 50.7 Å². The molecule has 0 amide bonds. The Bertz CT molecular complexity index is 719. The van der Waals surface area contributed by atoms with Crippen LogP contribution in [-0.4, -0.2) is 49.7 Å². The first-order valence-electron chi connectivity index (χ1n) is 10.4. The molecule has 3 heterocycles. The lowest BCUT2D eigenvalue weighted by atomic mass is 9.84. The summed E-state index contributed by atoms with van der Waals surface area (Å²) in [6, 6.07) is 7.88. The van der Waals surface area contributed by atoms with Gasteiger partial charge in [0.05, 0.1) is 20.1 Å². The fourth-order valence-corrected chi connectivity index (χ4v) is 5.01. The van der Waals surface area contributed by atoms with Crippen LogP contribution in [-0.2, 0) is 19.1 Å². The highest BCUT2D eigenvalue weighted by Crippen LogP contribution is 2.40. The van der Waals surface area contributed by atoms with Crippen LogP contribution >= 0.6 is 0 Å². The van der Waals surface area contributed by atoms with Crippen LogP contribution in [0.15, 0.2) is 24.3 Å². The van der Waals surface area contributed by atoms with E-state index < -0.39 is 12.0 Å². The molecule has 0 radical (unpaired) electrons. The topological polar surface area (TPSA) is 65.1 Å². The molecule has 0 saturated carbocycles. The van der Waals surface area contributed by atoms with Crippen molar-refractivity contribution in [1.82, 2.24) is 4.90 Å². The van der Waals surface area contributed by atoms with Gasteiger partial charge >= 0.3 is 11.9 Å². The molecule has 4 atom stereocenters. The van der Waals surface area contributed by atoms with E-state index in [1.54, 1.807) is 7.11 Å². The number of carbonyl (C=O) groups is 2. The van der Waals surface area contributed by atoms with Gasteiger partial charge in [0.1, 0.15) is 17.8 Å². The van der Waals surface area contributed by atoms with Gasteiger partial charge in [0.25, 0.3) is 0 Å². The predicted molar refractivity (Wildman–Crippen MR) is 103 cm³/mol. The highest BCUT2D eigenvalue weighted by atomic mass is 16.6. The first-order valence-corrected chi connectivity index (χ1v) is 10.4. The Labute approximate surface area is 166 Å². The molecule has 3 unspecified atom stereocenters. The van der Waals surface area contributed by atoms with Crippen LogP contribution in [0.1, 0.15) is 50.2 Å². The lowest BCUT2D eigenvalue weighted by molar-refractivity contribution is -0.153. The maximum atomic E-state index is 12.9. The summed E-state index contributed by atoms with van der Waals surface area (Å²) in [5.41, 5.74) is 0.717. The maximum absolute atomic E-state index is 12.9. The third-order valence-corrected chi connectivity index (χ3v) is 6.43. The largest absolute Gasteiger partial charge is 0.496 e. The Morgan fingerprint density at radius 2 is 2.00 bits per heavy atom. The number of carbonyl (C=O) groups excluding carboxylic acids is 2. The zero-order chi connectivity index (χ0) is 19.5. The number of hydrogen-bond acceptors (Lipinski definition) is 6. The third-order valence-electron chi connectivity index (χ3n) is 6.43. The first kappa shape index (κ1) is 19.2. The van der Waals surface area contributed by atoms with E-state index in [1.807, 2.05) is 24.3 Å². The van der Waals surface area contributed by atoms with Crippen molar-refractivity contribution in [3.05, 3.63) is 29.8 Å². The van der Waals surface area contributed by atoms with Gasteiger partial charge in [-0.25, -0.2) is 0 Å². The van der Waals surface area contributed by atoms with Crippen LogP contribution in [0.5, 0.6) is 5.75 Å². The average molecular weight is 387 g/mol. The quantitative estimate of drug-likeness (QED) is 0.724. The second-order valence-electron chi connectivity index (χ2n) is 8.09. The summed E-state index contributed by atoms with van der Waals surface area (Å²) in [5, 5.41) is 0. The zero-order valence-corrected chi connectivity index (χ0v) is 16.5. The number of methoxy groups -OCH3 is 1. The van der Waals surface area contributed by atoms with Crippen LogP contribution < -0.4 is 4.74 Å². The Morgan fingerprint density at radius 1 is 1.18 bits per heavy atom. The molecule has 3 aliphatic heterocycles. The van der Waals surface area contributed by atoms with Gasteiger partial charge in [0, 0.05) is 17.5 Å². The number of ether oxygens (including phenoxy) is 3. The van der Waals surface area contributed by atoms with Crippen LogP contribution in [0.3, 0.4) is 0 Å². The number of piperidine rings is 2. The van der Waals surface area contributed by atoms with Crippen molar-refractivity contribution in [2.24, 2.45) is 11.8 Å². The molecular weight excluding hydrogens is 358 g/mol. The molecule has 152 valence electrons. The second-order valence-corrected chi connectivity index (χ2v) is 8.09. The molecule has 0 spiro atoms. The van der Waals surface area contributed by atoms with Crippen molar-refractivity contribution in [1.29, 1.82) is 0 Å². The number of fused-ring (bicyclic) bond motifs is 1. The summed E-state index contributed by atoms with van der Waals surface area (Å²) in [6.07, 6.45) is 5.39. The van der Waals surface area contributed by atoms with Crippen LogP contribution in [0.25, 0.3) is 0 Å². The van der Waals surface area contributed by atoms with Crippen molar-refractivity contribution in [3.8, 4) is 5.75 Å². The molecule has 6 nitrogen and oxygen atoms in total. The first-order chi connectivity index (χ1) is 13.7. The van der Waals surface area contributed by atoms with Crippen molar-refractivity contribution in [3.63, 3.8) is 0 Å². The van der Waals surface area contributed by atoms with Gasteiger partial charge in [0.15, 0.2) is 0 Å². The van der Waals surface area contributed by atoms with Gasteiger partial charge in [-0.05, 0) is 44.8 Å². The molecule has 3 fully saturated rings. The third kappa shape index (κ3) is 3.88. The van der Waals surface area contributed by atoms with E-state index in [4.69, 9.17) is 14.2 Å². The van der Waals surface area contributed by atoms with Gasteiger partial charge in [-0.3, -0.25) is 14.5 Å². The summed E-state index contributed by atoms with van der Waals surface area (Å²) in [5.74, 6) is -0.315. The molecular formula is C22H29NO5. The van der Waals surface area contributed by atoms with Gasteiger partial charge in [-0.15, -0.1) is 0 Å². The van der Waals surface area contributed by atoms with Gasteiger partial charge in [-0.2, -0.15) is 0 Å². The highest BCUT2D eigenvalue weighted by Gasteiger charge is 2.43. The minimum Gasteiger partial charge on any atom is -0.496 e. The number of cyclic esters (lactones) is 1. The van der Waals surface area contributed by atoms with E-state index in [1.165, 1.54) is 19.3 Å². The second kappa shape index (κ2) is 8.52. The Hall–Kier alpha value is -2.08. The summed E-state index contributed by atoms with van der Waals surface area (Å²) in [4.78, 5) is 27.4. The van der Waals surface area contributed by atoms with E-state index in [2.05, 4.69) is 4.90 Å². The van der Waals surface area contributed by atoms with Gasteiger partial charge in [-0.1, -0.05) is 24.6 Å². The number of rotatable bonds is 5. The smallest absolute Gasteiger partial charge is 0.313 e. The standard InChI is InChI=1S/C22H29NO5/c1-26-19-10-3-2-8-16(19)21-17(13-20(24)28-21)22(25)27-14-15-7-6-12-23-11-5-4-9-18(15)23/h2-3,8,10,15,17-18,21H,4-7,9,11-14H2,1H3/t15-,17?,18?,21?/m0/s1. The lowest BCUT2D eigenvalue weighted by Crippen LogP contribution is -2.49. The summed E-state index contributed by atoms with van der Waals surface area (Å²) in [7, 11) is 1.57. The Morgan fingerprint density at radius 3 is 2.86 bits per heavy atom. The zero-order valence-electron chi connectivity index (χ0n) is 16.5. The lowest BCUT2D eigenvalue weighted by Gasteiger charge is -2.44. The van der Waals surface area contributed by atoms with Crippen molar-refractivity contribution >= 4 is 11.9 Å². The maximum Gasteiger partial charge on any atom is 0.313 e. The fraction of sp³-hybridized carbons (Fsp3) is 0.636. The van der Waals surface area contributed by atoms with E-state index in [9.17, 15) is 9.59 Å². The SMILES string of the molecule is COc1ccccc1C1OC(=O)CC1C(=O)OC[C@@H]1CCCN2CCCCC12. The molecule has 0 aliphatic carbocycles. The molecule has 3 aliphatic rings. The van der Waals surface area contributed by atoms with Gasteiger partial charge in [0.2, 0.25) is 0 Å². The van der Waals surface area contributed by atoms with Gasteiger partial charge < -0.3 is 14.2 Å². The molecule has 3 saturated heterocycles. The van der Waals surface area contributed by atoms with E-state index in [0.717, 1.165) is 25.9 Å². The van der Waals surface area contributed by atoms with Crippen LogP contribution in [0.4, 0.5) is 0 Å². The summed E-state index contributed by atoms with van der Waals surface area (Å²) < 4.78 is 16.6. The van der Waals surface area contributed by atoms with E-state index in [-0.39, 0.29) is 18.4 Å². The Kier molecular flexibility index (Phi) is 5.85. The molecule has 0 aromatic heterocycles. The van der Waals surface area contributed by atoms with Crippen molar-refractivity contribution in [2.75, 3.05) is 26.8 Å². The molecule has 28 heavy (non-hydrogen) atoms. The van der Waals surface area contributed by atoms with E-state index >= 15 is 0 Å². The van der Waals surface area contributed by atoms with Crippen LogP contribution in [0, 0.1) is 11.8 Å². The number of esters is 2. The number of nitrogens with zero attached hydrogens (tertiary/aromatic N) is 1. The highest BCUT2D eigenvalue weighted by molar-refractivity contribution is 5.84. The number of benzene rings is 1. The monoisotopic (exact) mass is 387 g/mol. The molecule has 0 N–H and O–H groups in total. The molecule has 4 rings (SSSR count). The number of hydrogen-bond donors (Lipinski definition) is 0. The number of para-hydroxylation sites is 1. The molecule has 6 heteroatoms.